The summed E-state index contributed by atoms with van der Waals surface area (Å²) in [5, 5.41) is 3.09. The van der Waals surface area contributed by atoms with Crippen LogP contribution in [0.3, 0.4) is 0 Å². The number of esters is 1. The molecular weight excluding hydrogens is 252 g/mol. The molecule has 3 atom stereocenters. The molecule has 20 heavy (non-hydrogen) atoms. The Morgan fingerprint density at radius 1 is 1.35 bits per heavy atom. The van der Waals surface area contributed by atoms with Crippen molar-refractivity contribution in [2.75, 3.05) is 33.8 Å². The number of nitrogens with zero attached hydrogens (tertiary/aromatic N) is 1. The lowest BCUT2D eigenvalue weighted by Crippen LogP contribution is -2.48. The van der Waals surface area contributed by atoms with Crippen molar-refractivity contribution < 1.29 is 9.53 Å². The van der Waals surface area contributed by atoms with Crippen LogP contribution in [-0.2, 0) is 9.53 Å². The average molecular weight is 284 g/mol. The number of unbranched alkanes of at least 4 members (excludes halogenated alkanes) is 1. The van der Waals surface area contributed by atoms with Gasteiger partial charge in [0, 0.05) is 6.54 Å². The normalized spacial score (nSPS) is 27.1. The van der Waals surface area contributed by atoms with Gasteiger partial charge in [0.2, 0.25) is 0 Å². The average Bonchev–Trinajstić information content (AvgIpc) is 2.46. The van der Waals surface area contributed by atoms with Crippen LogP contribution >= 0.6 is 0 Å². The van der Waals surface area contributed by atoms with E-state index < -0.39 is 5.54 Å². The van der Waals surface area contributed by atoms with Crippen LogP contribution in [0.4, 0.5) is 0 Å². The largest absolute Gasteiger partial charge is 0.468 e. The summed E-state index contributed by atoms with van der Waals surface area (Å²) in [4.78, 5) is 14.3. The van der Waals surface area contributed by atoms with E-state index in [2.05, 4.69) is 24.1 Å². The Hall–Kier alpha value is -0.610. The Kier molecular flexibility index (Phi) is 6.96. The van der Waals surface area contributed by atoms with Crippen LogP contribution in [-0.4, -0.2) is 50.2 Å². The predicted molar refractivity (Wildman–Crippen MR) is 82.7 cm³/mol. The number of likely N-dealkylation sites (tertiary alicyclic amines) is 1. The zero-order valence-corrected chi connectivity index (χ0v) is 13.9. The smallest absolute Gasteiger partial charge is 0.325 e. The zero-order chi connectivity index (χ0) is 15.2. The minimum Gasteiger partial charge on any atom is -0.468 e. The second-order valence-electron chi connectivity index (χ2n) is 6.57. The Morgan fingerprint density at radius 2 is 2.05 bits per heavy atom. The first-order valence-electron chi connectivity index (χ1n) is 7.92. The third-order valence-corrected chi connectivity index (χ3v) is 5.01. The fourth-order valence-electron chi connectivity index (χ4n) is 2.92. The van der Waals surface area contributed by atoms with Crippen molar-refractivity contribution in [3.63, 3.8) is 0 Å². The molecule has 118 valence electrons. The number of ether oxygens (including phenoxy) is 1. The molecule has 1 aliphatic rings. The topological polar surface area (TPSA) is 41.6 Å². The lowest BCUT2D eigenvalue weighted by Gasteiger charge is -2.35. The number of methoxy groups -OCH3 is 1. The first-order chi connectivity index (χ1) is 9.42. The number of nitrogens with one attached hydrogen (secondary N) is 1. The summed E-state index contributed by atoms with van der Waals surface area (Å²) in [7, 11) is 3.28. The van der Waals surface area contributed by atoms with E-state index in [4.69, 9.17) is 4.74 Å². The summed E-state index contributed by atoms with van der Waals surface area (Å²) in [6.45, 7) is 10.2. The van der Waals surface area contributed by atoms with E-state index in [1.807, 2.05) is 14.0 Å². The maximum absolute atomic E-state index is 11.7. The molecule has 4 heteroatoms. The molecule has 4 nitrogen and oxygen atoms in total. The molecular formula is C16H32N2O2. The van der Waals surface area contributed by atoms with Gasteiger partial charge in [-0.3, -0.25) is 4.79 Å². The minimum atomic E-state index is -0.543. The number of rotatable bonds is 7. The van der Waals surface area contributed by atoms with Crippen LogP contribution in [0.2, 0.25) is 0 Å². The fraction of sp³-hybridized carbons (Fsp3) is 0.938. The van der Waals surface area contributed by atoms with Crippen LogP contribution in [0.5, 0.6) is 0 Å². The number of piperidine rings is 1. The van der Waals surface area contributed by atoms with Gasteiger partial charge >= 0.3 is 5.97 Å². The van der Waals surface area contributed by atoms with E-state index in [0.717, 1.165) is 37.6 Å². The van der Waals surface area contributed by atoms with Gasteiger partial charge in [0.1, 0.15) is 5.54 Å². The van der Waals surface area contributed by atoms with Gasteiger partial charge in [0.15, 0.2) is 0 Å². The quantitative estimate of drug-likeness (QED) is 0.575. The standard InChI is InChI=1S/C16H32N2O2/c1-13-8-11-18(12-14(13)2)10-7-6-9-16(3,17-4)15(19)20-5/h13-14,17H,6-12H2,1-5H3. The molecule has 1 N–H and O–H groups in total. The summed E-state index contributed by atoms with van der Waals surface area (Å²) >= 11 is 0. The highest BCUT2D eigenvalue weighted by molar-refractivity contribution is 5.80. The third-order valence-electron chi connectivity index (χ3n) is 5.01. The van der Waals surface area contributed by atoms with Gasteiger partial charge in [-0.05, 0) is 64.6 Å². The van der Waals surface area contributed by atoms with E-state index in [1.165, 1.54) is 26.6 Å². The monoisotopic (exact) mass is 284 g/mol. The zero-order valence-electron chi connectivity index (χ0n) is 13.9. The van der Waals surface area contributed by atoms with Gasteiger partial charge in [0.25, 0.3) is 0 Å². The molecule has 1 rings (SSSR count). The Labute approximate surface area is 124 Å². The molecule has 0 spiro atoms. The number of carbonyl (C=O) groups is 1. The van der Waals surface area contributed by atoms with E-state index in [9.17, 15) is 4.79 Å². The van der Waals surface area contributed by atoms with E-state index in [0.29, 0.717) is 0 Å². The van der Waals surface area contributed by atoms with Gasteiger partial charge in [-0.15, -0.1) is 0 Å². The Bertz CT molecular complexity index is 309. The van der Waals surface area contributed by atoms with Gasteiger partial charge in [-0.2, -0.15) is 0 Å². The molecule has 0 bridgehead atoms. The maximum Gasteiger partial charge on any atom is 0.325 e. The van der Waals surface area contributed by atoms with Gasteiger partial charge in [0.05, 0.1) is 7.11 Å². The second kappa shape index (κ2) is 7.99. The van der Waals surface area contributed by atoms with Crippen LogP contribution in [0.25, 0.3) is 0 Å². The molecule has 1 fully saturated rings. The molecule has 0 aromatic heterocycles. The summed E-state index contributed by atoms with van der Waals surface area (Å²) in [5.41, 5.74) is -0.543. The van der Waals surface area contributed by atoms with Crippen LogP contribution in [0.1, 0.15) is 46.5 Å². The molecule has 0 aromatic rings. The van der Waals surface area contributed by atoms with Crippen LogP contribution in [0, 0.1) is 11.8 Å². The second-order valence-corrected chi connectivity index (χ2v) is 6.57. The van der Waals surface area contributed by atoms with Gasteiger partial charge < -0.3 is 15.0 Å². The predicted octanol–water partition coefficient (Wildman–Crippen LogP) is 2.29. The summed E-state index contributed by atoms with van der Waals surface area (Å²) in [6, 6.07) is 0. The molecule has 1 saturated heterocycles. The summed E-state index contributed by atoms with van der Waals surface area (Å²) in [6.07, 6.45) is 4.34. The summed E-state index contributed by atoms with van der Waals surface area (Å²) < 4.78 is 4.87. The van der Waals surface area contributed by atoms with Crippen molar-refractivity contribution in [3.05, 3.63) is 0 Å². The minimum absolute atomic E-state index is 0.166. The first-order valence-corrected chi connectivity index (χ1v) is 7.92. The maximum atomic E-state index is 11.7. The van der Waals surface area contributed by atoms with Gasteiger partial charge in [-0.1, -0.05) is 13.8 Å². The molecule has 1 aliphatic heterocycles. The van der Waals surface area contributed by atoms with Crippen molar-refractivity contribution in [1.29, 1.82) is 0 Å². The lowest BCUT2D eigenvalue weighted by atomic mass is 9.88. The van der Waals surface area contributed by atoms with Crippen molar-refractivity contribution in [2.45, 2.75) is 52.0 Å². The van der Waals surface area contributed by atoms with Crippen molar-refractivity contribution in [2.24, 2.45) is 11.8 Å². The molecule has 0 radical (unpaired) electrons. The molecule has 3 unspecified atom stereocenters. The van der Waals surface area contributed by atoms with Crippen molar-refractivity contribution in [1.82, 2.24) is 10.2 Å². The van der Waals surface area contributed by atoms with E-state index >= 15 is 0 Å². The molecule has 0 aromatic carbocycles. The molecule has 0 amide bonds. The third kappa shape index (κ3) is 4.74. The molecule has 0 saturated carbocycles. The molecule has 0 aliphatic carbocycles. The number of likely N-dealkylation sites (N-methyl/N-ethyl adjacent to an activating group) is 1. The van der Waals surface area contributed by atoms with Crippen LogP contribution in [0.15, 0.2) is 0 Å². The van der Waals surface area contributed by atoms with E-state index in [1.54, 1.807) is 0 Å². The highest BCUT2D eigenvalue weighted by Gasteiger charge is 2.31. The van der Waals surface area contributed by atoms with Crippen molar-refractivity contribution >= 4 is 5.97 Å². The number of carbonyl (C=O) groups excluding carboxylic acids is 1. The van der Waals surface area contributed by atoms with Crippen molar-refractivity contribution in [3.8, 4) is 0 Å². The van der Waals surface area contributed by atoms with E-state index in [-0.39, 0.29) is 5.97 Å². The Balaban J connectivity index is 2.26. The van der Waals surface area contributed by atoms with Crippen LogP contribution < -0.4 is 5.32 Å². The first kappa shape index (κ1) is 17.4. The number of hydrogen-bond acceptors (Lipinski definition) is 4. The molecule has 1 heterocycles. The lowest BCUT2D eigenvalue weighted by molar-refractivity contribution is -0.148. The Morgan fingerprint density at radius 3 is 2.60 bits per heavy atom. The SMILES string of the molecule is CNC(C)(CCCCN1CCC(C)C(C)C1)C(=O)OC. The fourth-order valence-corrected chi connectivity index (χ4v) is 2.92. The highest BCUT2D eigenvalue weighted by atomic mass is 16.5. The number of hydrogen-bond donors (Lipinski definition) is 1. The highest BCUT2D eigenvalue weighted by Crippen LogP contribution is 2.23. The van der Waals surface area contributed by atoms with Gasteiger partial charge in [-0.25, -0.2) is 0 Å². The summed E-state index contributed by atoms with van der Waals surface area (Å²) in [5.74, 6) is 1.50.